The Labute approximate surface area is 96.4 Å². The van der Waals surface area contributed by atoms with Crippen molar-refractivity contribution in [2.45, 2.75) is 25.9 Å². The first-order chi connectivity index (χ1) is 6.95. The van der Waals surface area contributed by atoms with Crippen molar-refractivity contribution in [2.75, 3.05) is 6.61 Å². The molecule has 0 amide bonds. The van der Waals surface area contributed by atoms with E-state index in [1.807, 2.05) is 0 Å². The fraction of sp³-hybridized carbons (Fsp3) is 0.500. The highest BCUT2D eigenvalue weighted by Gasteiger charge is 2.30. The molecule has 0 saturated carbocycles. The molecule has 1 unspecified atom stereocenters. The molecule has 1 atom stereocenters. The molecule has 1 rings (SSSR count). The van der Waals surface area contributed by atoms with Crippen LogP contribution < -0.4 is 0 Å². The Morgan fingerprint density at radius 1 is 1.67 bits per heavy atom. The minimum Gasteiger partial charge on any atom is -0.466 e. The van der Waals surface area contributed by atoms with E-state index in [4.69, 9.17) is 9.15 Å². The van der Waals surface area contributed by atoms with E-state index in [1.165, 1.54) is 6.92 Å². The topological polar surface area (TPSA) is 59.7 Å². The van der Waals surface area contributed by atoms with Gasteiger partial charge in [-0.15, -0.1) is 0 Å². The van der Waals surface area contributed by atoms with Crippen molar-refractivity contribution in [3.8, 4) is 0 Å². The molecule has 4 nitrogen and oxygen atoms in total. The summed E-state index contributed by atoms with van der Waals surface area (Å²) >= 11 is 3.13. The SMILES string of the molecule is CCOC(=O)CC(C)(O)c1ccc(Br)o1. The third kappa shape index (κ3) is 3.35. The Bertz CT molecular complexity index is 343. The minimum atomic E-state index is -1.34. The van der Waals surface area contributed by atoms with Crippen LogP contribution in [0.25, 0.3) is 0 Å². The summed E-state index contributed by atoms with van der Waals surface area (Å²) in [5.41, 5.74) is -1.34. The molecule has 0 aromatic carbocycles. The Morgan fingerprint density at radius 3 is 2.80 bits per heavy atom. The molecule has 1 aromatic heterocycles. The van der Waals surface area contributed by atoms with E-state index in [0.29, 0.717) is 17.0 Å². The number of esters is 1. The predicted molar refractivity (Wildman–Crippen MR) is 57.2 cm³/mol. The monoisotopic (exact) mass is 276 g/mol. The van der Waals surface area contributed by atoms with Crippen LogP contribution in [0.1, 0.15) is 26.0 Å². The van der Waals surface area contributed by atoms with Crippen LogP contribution in [0.15, 0.2) is 21.2 Å². The smallest absolute Gasteiger partial charge is 0.309 e. The summed E-state index contributed by atoms with van der Waals surface area (Å²) in [6.45, 7) is 3.53. The van der Waals surface area contributed by atoms with Crippen molar-refractivity contribution in [3.05, 3.63) is 22.6 Å². The standard InChI is InChI=1S/C10H13BrO4/c1-3-14-9(12)6-10(2,13)7-4-5-8(11)15-7/h4-5,13H,3,6H2,1-2H3. The maximum absolute atomic E-state index is 11.2. The second-order valence-corrected chi connectivity index (χ2v) is 4.14. The number of rotatable bonds is 4. The van der Waals surface area contributed by atoms with E-state index in [2.05, 4.69) is 15.9 Å². The molecule has 0 aliphatic carbocycles. The van der Waals surface area contributed by atoms with Crippen LogP contribution in [-0.2, 0) is 15.1 Å². The van der Waals surface area contributed by atoms with Gasteiger partial charge in [-0.1, -0.05) is 0 Å². The van der Waals surface area contributed by atoms with Crippen molar-refractivity contribution in [3.63, 3.8) is 0 Å². The minimum absolute atomic E-state index is 0.124. The van der Waals surface area contributed by atoms with Crippen molar-refractivity contribution in [2.24, 2.45) is 0 Å². The van der Waals surface area contributed by atoms with Crippen LogP contribution in [0.5, 0.6) is 0 Å². The lowest BCUT2D eigenvalue weighted by Crippen LogP contribution is -2.25. The average Bonchev–Trinajstić information content (AvgIpc) is 2.51. The summed E-state index contributed by atoms with van der Waals surface area (Å²) < 4.78 is 10.5. The van der Waals surface area contributed by atoms with Crippen molar-refractivity contribution >= 4 is 21.9 Å². The van der Waals surface area contributed by atoms with Gasteiger partial charge in [0.15, 0.2) is 4.67 Å². The molecule has 0 radical (unpaired) electrons. The Kier molecular flexibility index (Phi) is 3.93. The largest absolute Gasteiger partial charge is 0.466 e. The molecule has 0 aliphatic rings. The zero-order valence-corrected chi connectivity index (χ0v) is 10.2. The first-order valence-electron chi connectivity index (χ1n) is 4.59. The molecular weight excluding hydrogens is 264 g/mol. The van der Waals surface area contributed by atoms with Gasteiger partial charge in [0.1, 0.15) is 11.4 Å². The van der Waals surface area contributed by atoms with Gasteiger partial charge in [-0.05, 0) is 41.9 Å². The van der Waals surface area contributed by atoms with Crippen LogP contribution in [-0.4, -0.2) is 17.7 Å². The highest BCUT2D eigenvalue weighted by atomic mass is 79.9. The summed E-state index contributed by atoms with van der Waals surface area (Å²) in [7, 11) is 0. The van der Waals surface area contributed by atoms with Gasteiger partial charge in [0, 0.05) is 0 Å². The molecule has 1 heterocycles. The number of carbonyl (C=O) groups excluding carboxylic acids is 1. The Hall–Kier alpha value is -0.810. The lowest BCUT2D eigenvalue weighted by molar-refractivity contribution is -0.149. The van der Waals surface area contributed by atoms with E-state index < -0.39 is 11.6 Å². The number of carbonyl (C=O) groups is 1. The highest BCUT2D eigenvalue weighted by Crippen LogP contribution is 2.28. The first-order valence-corrected chi connectivity index (χ1v) is 5.39. The molecule has 0 spiro atoms. The fourth-order valence-electron chi connectivity index (χ4n) is 1.18. The maximum atomic E-state index is 11.2. The van der Waals surface area contributed by atoms with E-state index in [0.717, 1.165) is 0 Å². The van der Waals surface area contributed by atoms with Crippen LogP contribution in [0.2, 0.25) is 0 Å². The molecule has 5 heteroatoms. The van der Waals surface area contributed by atoms with Crippen LogP contribution in [0.3, 0.4) is 0 Å². The highest BCUT2D eigenvalue weighted by molar-refractivity contribution is 9.10. The second-order valence-electron chi connectivity index (χ2n) is 3.36. The average molecular weight is 277 g/mol. The number of halogens is 1. The zero-order chi connectivity index (χ0) is 11.5. The van der Waals surface area contributed by atoms with Gasteiger partial charge in [-0.3, -0.25) is 4.79 Å². The quantitative estimate of drug-likeness (QED) is 0.857. The second kappa shape index (κ2) is 4.81. The summed E-state index contributed by atoms with van der Waals surface area (Å²) in [5, 5.41) is 9.98. The molecule has 0 fully saturated rings. The van der Waals surface area contributed by atoms with Gasteiger partial charge in [0.05, 0.1) is 13.0 Å². The summed E-state index contributed by atoms with van der Waals surface area (Å²) in [5.74, 6) is -0.113. The third-order valence-electron chi connectivity index (χ3n) is 1.90. The van der Waals surface area contributed by atoms with E-state index >= 15 is 0 Å². The number of furan rings is 1. The van der Waals surface area contributed by atoms with E-state index in [9.17, 15) is 9.90 Å². The fourth-order valence-corrected chi connectivity index (χ4v) is 1.49. The number of hydrogen-bond donors (Lipinski definition) is 1. The van der Waals surface area contributed by atoms with Gasteiger partial charge >= 0.3 is 5.97 Å². The lowest BCUT2D eigenvalue weighted by atomic mass is 10.00. The first kappa shape index (κ1) is 12.3. The van der Waals surface area contributed by atoms with Gasteiger partial charge in [-0.25, -0.2) is 0 Å². The maximum Gasteiger partial charge on any atom is 0.309 e. The summed E-state index contributed by atoms with van der Waals surface area (Å²) in [6, 6.07) is 3.28. The molecule has 0 bridgehead atoms. The molecule has 84 valence electrons. The van der Waals surface area contributed by atoms with Crippen LogP contribution in [0.4, 0.5) is 0 Å². The molecule has 0 aliphatic heterocycles. The van der Waals surface area contributed by atoms with Crippen molar-refractivity contribution in [1.82, 2.24) is 0 Å². The van der Waals surface area contributed by atoms with Crippen molar-refractivity contribution in [1.29, 1.82) is 0 Å². The zero-order valence-electron chi connectivity index (χ0n) is 8.62. The summed E-state index contributed by atoms with van der Waals surface area (Å²) in [6.07, 6.45) is -0.124. The molecule has 1 aromatic rings. The van der Waals surface area contributed by atoms with Crippen molar-refractivity contribution < 1.29 is 19.1 Å². The van der Waals surface area contributed by atoms with Crippen LogP contribution in [0, 0.1) is 0 Å². The van der Waals surface area contributed by atoms with Gasteiger partial charge in [0.2, 0.25) is 0 Å². The molecule has 15 heavy (non-hydrogen) atoms. The normalized spacial score (nSPS) is 14.7. The summed E-state index contributed by atoms with van der Waals surface area (Å²) in [4.78, 5) is 11.2. The van der Waals surface area contributed by atoms with E-state index in [1.54, 1.807) is 19.1 Å². The van der Waals surface area contributed by atoms with Gasteiger partial charge < -0.3 is 14.3 Å². The number of aliphatic hydroxyl groups is 1. The Morgan fingerprint density at radius 2 is 2.33 bits per heavy atom. The number of hydrogen-bond acceptors (Lipinski definition) is 4. The van der Waals surface area contributed by atoms with Gasteiger partial charge in [-0.2, -0.15) is 0 Å². The lowest BCUT2D eigenvalue weighted by Gasteiger charge is -2.19. The van der Waals surface area contributed by atoms with E-state index in [-0.39, 0.29) is 6.42 Å². The Balaban J connectivity index is 2.70. The molecule has 1 N–H and O–H groups in total. The van der Waals surface area contributed by atoms with Gasteiger partial charge in [0.25, 0.3) is 0 Å². The predicted octanol–water partition coefficient (Wildman–Crippen LogP) is 2.20. The molecular formula is C10H13BrO4. The molecule has 0 saturated heterocycles. The van der Waals surface area contributed by atoms with Crippen LogP contribution >= 0.6 is 15.9 Å². The third-order valence-corrected chi connectivity index (χ3v) is 2.32. The number of ether oxygens (including phenoxy) is 1.